The first-order valence-corrected chi connectivity index (χ1v) is 7.87. The second-order valence-corrected chi connectivity index (χ2v) is 5.70. The molecule has 0 aliphatic carbocycles. The highest BCUT2D eigenvalue weighted by molar-refractivity contribution is 6.14. The van der Waals surface area contributed by atoms with Gasteiger partial charge in [0, 0.05) is 6.07 Å². The van der Waals surface area contributed by atoms with Crippen molar-refractivity contribution < 1.29 is 28.6 Å². The molecule has 0 radical (unpaired) electrons. The number of esters is 1. The molecule has 0 N–H and O–H groups in total. The Morgan fingerprint density at radius 2 is 1.85 bits per heavy atom. The quantitative estimate of drug-likeness (QED) is 0.608. The third-order valence-electron chi connectivity index (χ3n) is 3.71. The molecule has 0 spiro atoms. The minimum Gasteiger partial charge on any atom is -0.486 e. The number of methoxy groups -OCH3 is 1. The summed E-state index contributed by atoms with van der Waals surface area (Å²) < 4.78 is 15.6. The van der Waals surface area contributed by atoms with E-state index in [9.17, 15) is 14.4 Å². The molecule has 0 amide bonds. The molecule has 1 heterocycles. The highest BCUT2D eigenvalue weighted by atomic mass is 16.5. The molecule has 6 nitrogen and oxygen atoms in total. The SMILES string of the molecule is COC(=O)c1ccc(C=C2Oc3cc(OCC(C)=O)ccc3C2=O)cc1. The van der Waals surface area contributed by atoms with Crippen molar-refractivity contribution in [2.75, 3.05) is 13.7 Å². The Bertz CT molecular complexity index is 908. The molecule has 3 rings (SSSR count). The standard InChI is InChI=1S/C20H16O6/c1-12(21)11-25-15-7-8-16-17(10-15)26-18(19(16)22)9-13-3-5-14(6-4-13)20(23)24-2/h3-10H,11H2,1-2H3. The van der Waals surface area contributed by atoms with E-state index >= 15 is 0 Å². The van der Waals surface area contributed by atoms with Gasteiger partial charge in [-0.05, 0) is 42.8 Å². The summed E-state index contributed by atoms with van der Waals surface area (Å²) in [7, 11) is 1.31. The van der Waals surface area contributed by atoms with Gasteiger partial charge in [-0.1, -0.05) is 12.1 Å². The maximum absolute atomic E-state index is 12.4. The summed E-state index contributed by atoms with van der Waals surface area (Å²) in [5, 5.41) is 0. The van der Waals surface area contributed by atoms with Crippen molar-refractivity contribution in [2.24, 2.45) is 0 Å². The third kappa shape index (κ3) is 3.64. The first-order chi connectivity index (χ1) is 12.5. The van der Waals surface area contributed by atoms with E-state index in [-0.39, 0.29) is 23.9 Å². The average molecular weight is 352 g/mol. The second kappa shape index (κ2) is 7.23. The fraction of sp³-hybridized carbons (Fsp3) is 0.150. The minimum absolute atomic E-state index is 0.0397. The largest absolute Gasteiger partial charge is 0.486 e. The molecule has 132 valence electrons. The van der Waals surface area contributed by atoms with Crippen LogP contribution < -0.4 is 9.47 Å². The van der Waals surface area contributed by atoms with E-state index < -0.39 is 5.97 Å². The first kappa shape index (κ1) is 17.4. The summed E-state index contributed by atoms with van der Waals surface area (Å²) >= 11 is 0. The van der Waals surface area contributed by atoms with Gasteiger partial charge in [-0.25, -0.2) is 4.79 Å². The van der Waals surface area contributed by atoms with E-state index in [1.54, 1.807) is 48.5 Å². The normalized spacial score (nSPS) is 13.9. The Morgan fingerprint density at radius 1 is 1.12 bits per heavy atom. The molecule has 26 heavy (non-hydrogen) atoms. The van der Waals surface area contributed by atoms with Crippen molar-refractivity contribution in [1.82, 2.24) is 0 Å². The summed E-state index contributed by atoms with van der Waals surface area (Å²) in [6.45, 7) is 1.39. The highest BCUT2D eigenvalue weighted by Crippen LogP contribution is 2.34. The van der Waals surface area contributed by atoms with Gasteiger partial charge in [0.15, 0.2) is 11.5 Å². The lowest BCUT2D eigenvalue weighted by atomic mass is 10.1. The molecule has 1 aliphatic rings. The van der Waals surface area contributed by atoms with Crippen molar-refractivity contribution in [1.29, 1.82) is 0 Å². The monoisotopic (exact) mass is 352 g/mol. The van der Waals surface area contributed by atoms with Gasteiger partial charge in [-0.3, -0.25) is 9.59 Å². The van der Waals surface area contributed by atoms with Crippen LogP contribution in [-0.4, -0.2) is 31.3 Å². The number of benzene rings is 2. The van der Waals surface area contributed by atoms with Gasteiger partial charge < -0.3 is 14.2 Å². The van der Waals surface area contributed by atoms with Crippen LogP contribution in [0.2, 0.25) is 0 Å². The van der Waals surface area contributed by atoms with Crippen LogP contribution in [0.3, 0.4) is 0 Å². The summed E-state index contributed by atoms with van der Waals surface area (Å²) in [6.07, 6.45) is 1.60. The predicted octanol–water partition coefficient (Wildman–Crippen LogP) is 3.06. The molecule has 0 aromatic heterocycles. The maximum Gasteiger partial charge on any atom is 0.337 e. The Morgan fingerprint density at radius 3 is 2.50 bits per heavy atom. The number of carbonyl (C=O) groups is 3. The van der Waals surface area contributed by atoms with Gasteiger partial charge in [0.1, 0.15) is 18.1 Å². The summed E-state index contributed by atoms with van der Waals surface area (Å²) in [5.41, 5.74) is 1.56. The summed E-state index contributed by atoms with van der Waals surface area (Å²) in [6, 6.07) is 11.4. The summed E-state index contributed by atoms with van der Waals surface area (Å²) in [4.78, 5) is 34.9. The lowest BCUT2D eigenvalue weighted by Gasteiger charge is -2.05. The van der Waals surface area contributed by atoms with Gasteiger partial charge in [-0.15, -0.1) is 0 Å². The molecular weight excluding hydrogens is 336 g/mol. The van der Waals surface area contributed by atoms with Crippen LogP contribution in [0.15, 0.2) is 48.2 Å². The van der Waals surface area contributed by atoms with Gasteiger partial charge >= 0.3 is 5.97 Å². The number of hydrogen-bond donors (Lipinski definition) is 0. The smallest absolute Gasteiger partial charge is 0.337 e. The number of hydrogen-bond acceptors (Lipinski definition) is 6. The van der Waals surface area contributed by atoms with Crippen LogP contribution in [0.5, 0.6) is 11.5 Å². The molecule has 6 heteroatoms. The lowest BCUT2D eigenvalue weighted by Crippen LogP contribution is -2.06. The van der Waals surface area contributed by atoms with Crippen molar-refractivity contribution in [2.45, 2.75) is 6.92 Å². The van der Waals surface area contributed by atoms with Gasteiger partial charge in [0.2, 0.25) is 5.78 Å². The molecule has 2 aromatic carbocycles. The van der Waals surface area contributed by atoms with Crippen molar-refractivity contribution in [3.8, 4) is 11.5 Å². The molecule has 1 aliphatic heterocycles. The van der Waals surface area contributed by atoms with Crippen molar-refractivity contribution >= 4 is 23.6 Å². The van der Waals surface area contributed by atoms with Crippen LogP contribution in [-0.2, 0) is 9.53 Å². The lowest BCUT2D eigenvalue weighted by molar-refractivity contribution is -0.118. The predicted molar refractivity (Wildman–Crippen MR) is 93.3 cm³/mol. The molecule has 0 atom stereocenters. The number of Topliss-reactive ketones (excluding diaryl/α,β-unsaturated/α-hetero) is 2. The zero-order valence-corrected chi connectivity index (χ0v) is 14.3. The van der Waals surface area contributed by atoms with Crippen molar-refractivity contribution in [3.63, 3.8) is 0 Å². The molecule has 0 bridgehead atoms. The number of ether oxygens (including phenoxy) is 3. The maximum atomic E-state index is 12.4. The van der Waals surface area contributed by atoms with E-state index in [2.05, 4.69) is 4.74 Å². The van der Waals surface area contributed by atoms with Crippen LogP contribution in [0.4, 0.5) is 0 Å². The van der Waals surface area contributed by atoms with Crippen molar-refractivity contribution in [3.05, 3.63) is 64.9 Å². The van der Waals surface area contributed by atoms with Crippen LogP contribution >= 0.6 is 0 Å². The van der Waals surface area contributed by atoms with Gasteiger partial charge in [0.05, 0.1) is 18.2 Å². The number of fused-ring (bicyclic) bond motifs is 1. The third-order valence-corrected chi connectivity index (χ3v) is 3.71. The minimum atomic E-state index is -0.428. The Labute approximate surface area is 150 Å². The zero-order chi connectivity index (χ0) is 18.7. The van der Waals surface area contributed by atoms with E-state index in [4.69, 9.17) is 9.47 Å². The topological polar surface area (TPSA) is 78.9 Å². The molecule has 0 saturated heterocycles. The molecule has 0 fully saturated rings. The first-order valence-electron chi connectivity index (χ1n) is 7.87. The number of ketones is 2. The molecule has 0 unspecified atom stereocenters. The Balaban J connectivity index is 1.79. The van der Waals surface area contributed by atoms with Crippen LogP contribution in [0.25, 0.3) is 6.08 Å². The second-order valence-electron chi connectivity index (χ2n) is 5.70. The van der Waals surface area contributed by atoms with E-state index in [0.29, 0.717) is 28.2 Å². The van der Waals surface area contributed by atoms with E-state index in [0.717, 1.165) is 0 Å². The fourth-order valence-electron chi connectivity index (χ4n) is 2.43. The van der Waals surface area contributed by atoms with E-state index in [1.807, 2.05) is 0 Å². The fourth-order valence-corrected chi connectivity index (χ4v) is 2.43. The van der Waals surface area contributed by atoms with Crippen LogP contribution in [0, 0.1) is 0 Å². The summed E-state index contributed by atoms with van der Waals surface area (Å²) in [5.74, 6) is 0.245. The average Bonchev–Trinajstić information content (AvgIpc) is 2.95. The zero-order valence-electron chi connectivity index (χ0n) is 14.3. The molecule has 2 aromatic rings. The molecule has 0 saturated carbocycles. The van der Waals surface area contributed by atoms with Crippen LogP contribution in [0.1, 0.15) is 33.2 Å². The number of allylic oxidation sites excluding steroid dienone is 1. The number of carbonyl (C=O) groups excluding carboxylic acids is 3. The Kier molecular flexibility index (Phi) is 4.84. The molecular formula is C20H16O6. The Hall–Kier alpha value is -3.41. The van der Waals surface area contributed by atoms with Gasteiger partial charge in [-0.2, -0.15) is 0 Å². The van der Waals surface area contributed by atoms with Gasteiger partial charge in [0.25, 0.3) is 0 Å². The van der Waals surface area contributed by atoms with E-state index in [1.165, 1.54) is 14.0 Å². The highest BCUT2D eigenvalue weighted by Gasteiger charge is 2.27. The number of rotatable bonds is 5.